The average Bonchev–Trinajstić information content (AvgIpc) is 3.04. The van der Waals surface area contributed by atoms with Gasteiger partial charge in [0.1, 0.15) is 5.75 Å². The molecule has 0 unspecified atom stereocenters. The highest BCUT2D eigenvalue weighted by molar-refractivity contribution is 9.10. The van der Waals surface area contributed by atoms with Crippen LogP contribution in [0, 0.1) is 0 Å². The maximum absolute atomic E-state index is 5.68. The van der Waals surface area contributed by atoms with E-state index in [-0.39, 0.29) is 0 Å². The third kappa shape index (κ3) is 2.76. The molecule has 0 radical (unpaired) electrons. The van der Waals surface area contributed by atoms with Gasteiger partial charge in [0.05, 0.1) is 13.2 Å². The van der Waals surface area contributed by atoms with Crippen LogP contribution in [0.3, 0.4) is 0 Å². The Morgan fingerprint density at radius 2 is 2.15 bits per heavy atom. The van der Waals surface area contributed by atoms with Gasteiger partial charge in [0.2, 0.25) is 0 Å². The fourth-order valence-corrected chi connectivity index (χ4v) is 3.69. The van der Waals surface area contributed by atoms with Crippen LogP contribution in [-0.2, 0) is 6.54 Å². The van der Waals surface area contributed by atoms with Crippen LogP contribution in [0.4, 0.5) is 0 Å². The van der Waals surface area contributed by atoms with Gasteiger partial charge in [0, 0.05) is 26.4 Å². The van der Waals surface area contributed by atoms with Crippen LogP contribution in [0.2, 0.25) is 0 Å². The molecule has 0 fully saturated rings. The molecule has 0 aliphatic heterocycles. The van der Waals surface area contributed by atoms with E-state index in [1.54, 1.807) is 11.3 Å². The van der Waals surface area contributed by atoms with Crippen molar-refractivity contribution in [1.29, 1.82) is 0 Å². The highest BCUT2D eigenvalue weighted by Crippen LogP contribution is 2.27. The molecule has 3 aromatic rings. The van der Waals surface area contributed by atoms with Crippen molar-refractivity contribution >= 4 is 38.2 Å². The van der Waals surface area contributed by atoms with Crippen molar-refractivity contribution < 1.29 is 4.74 Å². The molecule has 3 rings (SSSR count). The summed E-state index contributed by atoms with van der Waals surface area (Å²) in [6.45, 7) is 3.79. The van der Waals surface area contributed by atoms with Crippen molar-refractivity contribution in [2.45, 2.75) is 19.9 Å². The quantitative estimate of drug-likeness (QED) is 0.609. The third-order valence-electron chi connectivity index (χ3n) is 3.22. The van der Waals surface area contributed by atoms with Gasteiger partial charge < -0.3 is 9.30 Å². The smallest absolute Gasteiger partial charge is 0.120 e. The standard InChI is InChI=1S/C16H16BrNOS/c1-2-8-19-13-3-4-15-12(10-13)5-7-18(15)11-16-14(17)6-9-20-16/h3-7,9-10H,2,8,11H2,1H3. The summed E-state index contributed by atoms with van der Waals surface area (Å²) in [4.78, 5) is 1.34. The van der Waals surface area contributed by atoms with E-state index in [1.807, 2.05) is 0 Å². The zero-order valence-corrected chi connectivity index (χ0v) is 13.7. The molecule has 2 aromatic heterocycles. The molecule has 0 amide bonds. The number of aromatic nitrogens is 1. The summed E-state index contributed by atoms with van der Waals surface area (Å²) in [5.74, 6) is 0.953. The van der Waals surface area contributed by atoms with Gasteiger partial charge in [-0.05, 0) is 58.1 Å². The predicted octanol–water partition coefficient (Wildman–Crippen LogP) is 5.30. The molecule has 0 aliphatic carbocycles. The zero-order chi connectivity index (χ0) is 13.9. The summed E-state index contributed by atoms with van der Waals surface area (Å²) < 4.78 is 9.14. The molecule has 0 saturated heterocycles. The number of thiophene rings is 1. The van der Waals surface area contributed by atoms with Crippen LogP contribution in [0.1, 0.15) is 18.2 Å². The van der Waals surface area contributed by atoms with Crippen LogP contribution in [0.25, 0.3) is 10.9 Å². The lowest BCUT2D eigenvalue weighted by Gasteiger charge is -2.07. The molecular weight excluding hydrogens is 334 g/mol. The molecule has 1 aromatic carbocycles. The number of nitrogens with zero attached hydrogens (tertiary/aromatic N) is 1. The highest BCUT2D eigenvalue weighted by Gasteiger charge is 2.06. The van der Waals surface area contributed by atoms with Crippen molar-refractivity contribution in [3.8, 4) is 5.75 Å². The fourth-order valence-electron chi connectivity index (χ4n) is 2.22. The van der Waals surface area contributed by atoms with E-state index in [2.05, 4.69) is 69.3 Å². The van der Waals surface area contributed by atoms with Gasteiger partial charge in [-0.15, -0.1) is 11.3 Å². The summed E-state index contributed by atoms with van der Waals surface area (Å²) in [6, 6.07) is 10.6. The Bertz CT molecular complexity index is 716. The first kappa shape index (κ1) is 13.7. The summed E-state index contributed by atoms with van der Waals surface area (Å²) in [5.41, 5.74) is 1.24. The monoisotopic (exact) mass is 349 g/mol. The molecular formula is C16H16BrNOS. The normalized spacial score (nSPS) is 11.1. The van der Waals surface area contributed by atoms with E-state index in [0.717, 1.165) is 25.3 Å². The summed E-state index contributed by atoms with van der Waals surface area (Å²) >= 11 is 5.37. The first-order chi connectivity index (χ1) is 9.78. The lowest BCUT2D eigenvalue weighted by Crippen LogP contribution is -1.97. The van der Waals surface area contributed by atoms with Crippen LogP contribution < -0.4 is 4.74 Å². The molecule has 0 spiro atoms. The van der Waals surface area contributed by atoms with Crippen molar-refractivity contribution in [3.05, 3.63) is 51.3 Å². The maximum Gasteiger partial charge on any atom is 0.120 e. The van der Waals surface area contributed by atoms with Gasteiger partial charge >= 0.3 is 0 Å². The second-order valence-electron chi connectivity index (χ2n) is 4.70. The third-order valence-corrected chi connectivity index (χ3v) is 5.13. The van der Waals surface area contributed by atoms with Gasteiger partial charge in [-0.25, -0.2) is 0 Å². The number of rotatable bonds is 5. The van der Waals surface area contributed by atoms with Crippen molar-refractivity contribution in [2.75, 3.05) is 6.61 Å². The summed E-state index contributed by atoms with van der Waals surface area (Å²) in [5, 5.41) is 3.34. The second kappa shape index (κ2) is 6.02. The second-order valence-corrected chi connectivity index (χ2v) is 6.56. The Kier molecular flexibility index (Phi) is 4.13. The molecule has 104 valence electrons. The topological polar surface area (TPSA) is 14.2 Å². The molecule has 0 saturated carbocycles. The van der Waals surface area contributed by atoms with Gasteiger partial charge in [-0.2, -0.15) is 0 Å². The lowest BCUT2D eigenvalue weighted by molar-refractivity contribution is 0.318. The van der Waals surface area contributed by atoms with Crippen molar-refractivity contribution in [3.63, 3.8) is 0 Å². The first-order valence-electron chi connectivity index (χ1n) is 6.71. The highest BCUT2D eigenvalue weighted by atomic mass is 79.9. The Labute approximate surface area is 131 Å². The molecule has 0 atom stereocenters. The van der Waals surface area contributed by atoms with Gasteiger partial charge in [-0.1, -0.05) is 6.92 Å². The Morgan fingerprint density at radius 1 is 1.25 bits per heavy atom. The summed E-state index contributed by atoms with van der Waals surface area (Å²) in [6.07, 6.45) is 3.17. The number of halogens is 1. The SMILES string of the molecule is CCCOc1ccc2c(ccn2Cc2sccc2Br)c1. The van der Waals surface area contributed by atoms with Crippen molar-refractivity contribution in [1.82, 2.24) is 4.57 Å². The van der Waals surface area contributed by atoms with E-state index >= 15 is 0 Å². The Hall–Kier alpha value is -1.26. The fraction of sp³-hybridized carbons (Fsp3) is 0.250. The van der Waals surface area contributed by atoms with Crippen LogP contribution >= 0.6 is 27.3 Å². The molecule has 4 heteroatoms. The molecule has 2 nitrogen and oxygen atoms in total. The number of hydrogen-bond acceptors (Lipinski definition) is 2. The van der Waals surface area contributed by atoms with Crippen LogP contribution in [0.15, 0.2) is 46.4 Å². The van der Waals surface area contributed by atoms with E-state index in [4.69, 9.17) is 4.74 Å². The van der Waals surface area contributed by atoms with Crippen molar-refractivity contribution in [2.24, 2.45) is 0 Å². The van der Waals surface area contributed by atoms with E-state index in [1.165, 1.54) is 20.3 Å². The van der Waals surface area contributed by atoms with Crippen LogP contribution in [-0.4, -0.2) is 11.2 Å². The lowest BCUT2D eigenvalue weighted by atomic mass is 10.2. The first-order valence-corrected chi connectivity index (χ1v) is 8.39. The van der Waals surface area contributed by atoms with Gasteiger partial charge in [0.25, 0.3) is 0 Å². The van der Waals surface area contributed by atoms with Gasteiger partial charge in [0.15, 0.2) is 0 Å². The molecule has 0 bridgehead atoms. The minimum absolute atomic E-state index is 0.772. The van der Waals surface area contributed by atoms with Gasteiger partial charge in [-0.3, -0.25) is 0 Å². The largest absolute Gasteiger partial charge is 0.494 e. The van der Waals surface area contributed by atoms with E-state index in [0.29, 0.717) is 0 Å². The van der Waals surface area contributed by atoms with E-state index in [9.17, 15) is 0 Å². The minimum Gasteiger partial charge on any atom is -0.494 e. The Morgan fingerprint density at radius 3 is 2.90 bits per heavy atom. The van der Waals surface area contributed by atoms with Crippen LogP contribution in [0.5, 0.6) is 5.75 Å². The maximum atomic E-state index is 5.68. The molecule has 2 heterocycles. The van der Waals surface area contributed by atoms with E-state index < -0.39 is 0 Å². The zero-order valence-electron chi connectivity index (χ0n) is 11.3. The molecule has 0 aliphatic rings. The molecule has 0 N–H and O–H groups in total. The number of fused-ring (bicyclic) bond motifs is 1. The average molecular weight is 350 g/mol. The Balaban J connectivity index is 1.88. The number of benzene rings is 1. The number of ether oxygens (including phenoxy) is 1. The predicted molar refractivity (Wildman–Crippen MR) is 88.8 cm³/mol. The summed E-state index contributed by atoms with van der Waals surface area (Å²) in [7, 11) is 0. The number of hydrogen-bond donors (Lipinski definition) is 0. The minimum atomic E-state index is 0.772. The molecule has 20 heavy (non-hydrogen) atoms.